The molecular weight excluding hydrogens is 194 g/mol. The monoisotopic (exact) mass is 207 g/mol. The van der Waals surface area contributed by atoms with Gasteiger partial charge in [0.2, 0.25) is 0 Å². The minimum absolute atomic E-state index is 0.366. The maximum Gasteiger partial charge on any atom is 0.129 e. The second kappa shape index (κ2) is 3.96. The van der Waals surface area contributed by atoms with E-state index in [1.807, 2.05) is 24.3 Å². The quantitative estimate of drug-likeness (QED) is 0.772. The number of hydrogen-bond donors (Lipinski definition) is 1. The van der Waals surface area contributed by atoms with Gasteiger partial charge in [-0.2, -0.15) is 0 Å². The summed E-state index contributed by atoms with van der Waals surface area (Å²) in [7, 11) is 0. The van der Waals surface area contributed by atoms with Crippen LogP contribution in [-0.2, 0) is 0 Å². The van der Waals surface area contributed by atoms with Crippen LogP contribution in [0.2, 0.25) is 0 Å². The number of rotatable bonds is 3. The van der Waals surface area contributed by atoms with Gasteiger partial charge in [-0.05, 0) is 31.4 Å². The van der Waals surface area contributed by atoms with Crippen LogP contribution in [0.4, 0.5) is 0 Å². The Balaban J connectivity index is 2.17. The van der Waals surface area contributed by atoms with Gasteiger partial charge < -0.3 is 10.5 Å². The Morgan fingerprint density at radius 2 is 2.07 bits per heavy atom. The summed E-state index contributed by atoms with van der Waals surface area (Å²) in [5.41, 5.74) is 6.44. The molecule has 0 radical (unpaired) electrons. The van der Waals surface area contributed by atoms with Gasteiger partial charge in [0.1, 0.15) is 10.7 Å². The van der Waals surface area contributed by atoms with Crippen LogP contribution in [0.1, 0.15) is 24.8 Å². The first-order valence-electron chi connectivity index (χ1n) is 4.83. The molecule has 1 aliphatic carbocycles. The van der Waals surface area contributed by atoms with E-state index in [1.165, 1.54) is 6.42 Å². The van der Waals surface area contributed by atoms with E-state index in [1.54, 1.807) is 0 Å². The van der Waals surface area contributed by atoms with Gasteiger partial charge in [0, 0.05) is 0 Å². The van der Waals surface area contributed by atoms with Crippen LogP contribution in [0.3, 0.4) is 0 Å². The van der Waals surface area contributed by atoms with E-state index < -0.39 is 0 Å². The van der Waals surface area contributed by atoms with Crippen LogP contribution in [0.5, 0.6) is 5.75 Å². The third-order valence-corrected chi connectivity index (χ3v) is 2.72. The van der Waals surface area contributed by atoms with Crippen molar-refractivity contribution in [3.63, 3.8) is 0 Å². The molecule has 1 fully saturated rings. The van der Waals surface area contributed by atoms with E-state index in [4.69, 9.17) is 22.7 Å². The summed E-state index contributed by atoms with van der Waals surface area (Å²) >= 11 is 4.95. The molecule has 14 heavy (non-hydrogen) atoms. The van der Waals surface area contributed by atoms with E-state index in [2.05, 4.69) is 0 Å². The van der Waals surface area contributed by atoms with Crippen molar-refractivity contribution in [2.24, 2.45) is 5.73 Å². The number of para-hydroxylation sites is 1. The topological polar surface area (TPSA) is 35.2 Å². The summed E-state index contributed by atoms with van der Waals surface area (Å²) in [6, 6.07) is 7.68. The SMILES string of the molecule is NC(=S)c1ccccc1OC1CCC1. The summed E-state index contributed by atoms with van der Waals surface area (Å²) in [6.45, 7) is 0. The lowest BCUT2D eigenvalue weighted by Crippen LogP contribution is -2.25. The number of benzene rings is 1. The molecule has 1 aromatic carbocycles. The molecule has 0 aliphatic heterocycles. The second-order valence-corrected chi connectivity index (χ2v) is 3.97. The second-order valence-electron chi connectivity index (χ2n) is 3.53. The van der Waals surface area contributed by atoms with Crippen molar-refractivity contribution < 1.29 is 4.74 Å². The summed E-state index contributed by atoms with van der Waals surface area (Å²) in [5.74, 6) is 0.824. The fourth-order valence-corrected chi connectivity index (χ4v) is 1.61. The van der Waals surface area contributed by atoms with Gasteiger partial charge >= 0.3 is 0 Å². The first-order chi connectivity index (χ1) is 6.77. The predicted molar refractivity (Wildman–Crippen MR) is 60.6 cm³/mol. The molecule has 0 unspecified atom stereocenters. The zero-order valence-corrected chi connectivity index (χ0v) is 8.72. The Morgan fingerprint density at radius 3 is 2.64 bits per heavy atom. The van der Waals surface area contributed by atoms with Crippen LogP contribution in [0.15, 0.2) is 24.3 Å². The molecule has 2 nitrogen and oxygen atoms in total. The average molecular weight is 207 g/mol. The summed E-state index contributed by atoms with van der Waals surface area (Å²) in [4.78, 5) is 0.403. The van der Waals surface area contributed by atoms with Crippen molar-refractivity contribution in [1.82, 2.24) is 0 Å². The van der Waals surface area contributed by atoms with E-state index in [0.717, 1.165) is 24.2 Å². The molecule has 0 amide bonds. The Bertz CT molecular complexity index is 347. The largest absolute Gasteiger partial charge is 0.490 e. The van der Waals surface area contributed by atoms with E-state index >= 15 is 0 Å². The molecule has 0 saturated heterocycles. The zero-order valence-electron chi connectivity index (χ0n) is 7.90. The minimum atomic E-state index is 0.366. The number of nitrogens with two attached hydrogens (primary N) is 1. The third kappa shape index (κ3) is 1.87. The molecule has 2 N–H and O–H groups in total. The van der Waals surface area contributed by atoms with Gasteiger partial charge in [-0.1, -0.05) is 24.4 Å². The van der Waals surface area contributed by atoms with Crippen LogP contribution < -0.4 is 10.5 Å². The molecule has 1 aromatic rings. The zero-order chi connectivity index (χ0) is 9.97. The Kier molecular flexibility index (Phi) is 2.68. The van der Waals surface area contributed by atoms with Gasteiger partial charge in [-0.3, -0.25) is 0 Å². The fraction of sp³-hybridized carbons (Fsp3) is 0.364. The maximum absolute atomic E-state index is 5.78. The molecule has 0 aromatic heterocycles. The normalized spacial score (nSPS) is 16.0. The lowest BCUT2D eigenvalue weighted by molar-refractivity contribution is 0.120. The van der Waals surface area contributed by atoms with Crippen LogP contribution in [0, 0.1) is 0 Å². The Labute approximate surface area is 89.1 Å². The predicted octanol–water partition coefficient (Wildman–Crippen LogP) is 2.25. The van der Waals surface area contributed by atoms with Gasteiger partial charge in [0.15, 0.2) is 0 Å². The van der Waals surface area contributed by atoms with Crippen molar-refractivity contribution in [2.75, 3.05) is 0 Å². The Morgan fingerprint density at radius 1 is 1.36 bits per heavy atom. The number of ether oxygens (including phenoxy) is 1. The molecule has 0 bridgehead atoms. The van der Waals surface area contributed by atoms with Crippen molar-refractivity contribution >= 4 is 17.2 Å². The van der Waals surface area contributed by atoms with Crippen molar-refractivity contribution in [1.29, 1.82) is 0 Å². The fourth-order valence-electron chi connectivity index (χ4n) is 1.44. The highest BCUT2D eigenvalue weighted by atomic mass is 32.1. The van der Waals surface area contributed by atoms with Crippen LogP contribution >= 0.6 is 12.2 Å². The van der Waals surface area contributed by atoms with Gasteiger partial charge in [-0.15, -0.1) is 0 Å². The summed E-state index contributed by atoms with van der Waals surface area (Å²) < 4.78 is 5.78. The van der Waals surface area contributed by atoms with E-state index in [9.17, 15) is 0 Å². The first kappa shape index (κ1) is 9.46. The van der Waals surface area contributed by atoms with Gasteiger partial charge in [-0.25, -0.2) is 0 Å². The highest BCUT2D eigenvalue weighted by Gasteiger charge is 2.20. The number of thiocarbonyl (C=S) groups is 1. The van der Waals surface area contributed by atoms with Crippen LogP contribution in [-0.4, -0.2) is 11.1 Å². The number of hydrogen-bond acceptors (Lipinski definition) is 2. The third-order valence-electron chi connectivity index (χ3n) is 2.50. The van der Waals surface area contributed by atoms with Crippen molar-refractivity contribution in [3.8, 4) is 5.75 Å². The van der Waals surface area contributed by atoms with Crippen LogP contribution in [0.25, 0.3) is 0 Å². The molecule has 2 rings (SSSR count). The van der Waals surface area contributed by atoms with Crippen molar-refractivity contribution in [2.45, 2.75) is 25.4 Å². The molecule has 1 saturated carbocycles. The standard InChI is InChI=1S/C11H13NOS/c12-11(14)9-6-1-2-7-10(9)13-8-4-3-5-8/h1-2,6-8H,3-5H2,(H2,12,14). The average Bonchev–Trinajstić information content (AvgIpc) is 2.12. The highest BCUT2D eigenvalue weighted by Crippen LogP contribution is 2.27. The maximum atomic E-state index is 5.78. The van der Waals surface area contributed by atoms with Crippen molar-refractivity contribution in [3.05, 3.63) is 29.8 Å². The van der Waals surface area contributed by atoms with Gasteiger partial charge in [0.25, 0.3) is 0 Å². The lowest BCUT2D eigenvalue weighted by atomic mass is 9.96. The molecular formula is C11H13NOS. The van der Waals surface area contributed by atoms with Gasteiger partial charge in [0.05, 0.1) is 11.7 Å². The summed E-state index contributed by atoms with van der Waals surface area (Å²) in [5, 5.41) is 0. The molecule has 0 atom stereocenters. The molecule has 0 heterocycles. The highest BCUT2D eigenvalue weighted by molar-refractivity contribution is 7.80. The molecule has 3 heteroatoms. The molecule has 0 spiro atoms. The molecule has 74 valence electrons. The Hall–Kier alpha value is -1.09. The minimum Gasteiger partial charge on any atom is -0.490 e. The van der Waals surface area contributed by atoms with E-state index in [-0.39, 0.29) is 0 Å². The smallest absolute Gasteiger partial charge is 0.129 e. The summed E-state index contributed by atoms with van der Waals surface area (Å²) in [6.07, 6.45) is 3.92. The first-order valence-corrected chi connectivity index (χ1v) is 5.23. The molecule has 1 aliphatic rings. The lowest BCUT2D eigenvalue weighted by Gasteiger charge is -2.27. The van der Waals surface area contributed by atoms with E-state index in [0.29, 0.717) is 11.1 Å².